The van der Waals surface area contributed by atoms with Gasteiger partial charge in [0.05, 0.1) is 12.2 Å². The number of unbranched alkanes of at least 4 members (excludes halogenated alkanes) is 7. The second-order valence-corrected chi connectivity index (χ2v) is 10.7. The van der Waals surface area contributed by atoms with Crippen LogP contribution in [0.5, 0.6) is 0 Å². The van der Waals surface area contributed by atoms with Crippen molar-refractivity contribution in [2.45, 2.75) is 128 Å². The van der Waals surface area contributed by atoms with E-state index >= 15 is 0 Å². The van der Waals surface area contributed by atoms with Gasteiger partial charge in [-0.1, -0.05) is 83.1 Å². The highest BCUT2D eigenvalue weighted by molar-refractivity contribution is 5.84. The summed E-state index contributed by atoms with van der Waals surface area (Å²) in [5, 5.41) is 30.3. The summed E-state index contributed by atoms with van der Waals surface area (Å²) in [6.07, 6.45) is 16.3. The number of allylic oxidation sites excluding steroid dienone is 2. The van der Waals surface area contributed by atoms with Crippen molar-refractivity contribution in [2.24, 2.45) is 11.8 Å². The van der Waals surface area contributed by atoms with Crippen molar-refractivity contribution in [3.63, 3.8) is 0 Å². The summed E-state index contributed by atoms with van der Waals surface area (Å²) in [7, 11) is 0. The Morgan fingerprint density at radius 2 is 1.51 bits per heavy atom. The van der Waals surface area contributed by atoms with Gasteiger partial charge in [0.1, 0.15) is 25.1 Å². The van der Waals surface area contributed by atoms with E-state index in [0.717, 1.165) is 51.4 Å². The lowest BCUT2D eigenvalue weighted by Crippen LogP contribution is -2.25. The maximum absolute atomic E-state index is 12.4. The minimum absolute atomic E-state index is 0.0297. The van der Waals surface area contributed by atoms with Crippen LogP contribution in [-0.2, 0) is 23.9 Å². The highest BCUT2D eigenvalue weighted by Crippen LogP contribution is 2.33. The van der Waals surface area contributed by atoms with Crippen LogP contribution in [0, 0.1) is 11.8 Å². The summed E-state index contributed by atoms with van der Waals surface area (Å²) < 4.78 is 10.1. The first-order valence-corrected chi connectivity index (χ1v) is 15.0. The molecule has 0 aromatic carbocycles. The van der Waals surface area contributed by atoms with Crippen molar-refractivity contribution >= 4 is 17.7 Å². The Kier molecular flexibility index (Phi) is 19.5. The fraction of sp³-hybridized carbons (Fsp3) is 0.774. The molecule has 5 atom stereocenters. The van der Waals surface area contributed by atoms with Gasteiger partial charge < -0.3 is 24.8 Å². The molecular weight excluding hydrogens is 500 g/mol. The van der Waals surface area contributed by atoms with Gasteiger partial charge in [0.15, 0.2) is 0 Å². The van der Waals surface area contributed by atoms with E-state index in [4.69, 9.17) is 9.47 Å². The number of carbonyl (C=O) groups excluding carboxylic acids is 3. The maximum Gasteiger partial charge on any atom is 0.305 e. The van der Waals surface area contributed by atoms with Gasteiger partial charge in [-0.25, -0.2) is 0 Å². The molecule has 0 unspecified atom stereocenters. The molecule has 0 amide bonds. The van der Waals surface area contributed by atoms with Gasteiger partial charge in [-0.2, -0.15) is 0 Å². The van der Waals surface area contributed by atoms with Gasteiger partial charge >= 0.3 is 11.9 Å². The molecular formula is C31H52O8. The smallest absolute Gasteiger partial charge is 0.305 e. The van der Waals surface area contributed by atoms with Crippen LogP contribution in [0.15, 0.2) is 24.3 Å². The highest BCUT2D eigenvalue weighted by atomic mass is 16.6. The Morgan fingerprint density at radius 3 is 2.18 bits per heavy atom. The first kappa shape index (κ1) is 35.0. The van der Waals surface area contributed by atoms with Crippen molar-refractivity contribution in [2.75, 3.05) is 13.2 Å². The number of aliphatic hydroxyl groups is 3. The lowest BCUT2D eigenvalue weighted by atomic mass is 9.90. The minimum Gasteiger partial charge on any atom is -0.463 e. The highest BCUT2D eigenvalue weighted by Gasteiger charge is 2.39. The second kappa shape index (κ2) is 21.8. The van der Waals surface area contributed by atoms with Crippen LogP contribution in [0.25, 0.3) is 0 Å². The van der Waals surface area contributed by atoms with Crippen LogP contribution in [0.4, 0.5) is 0 Å². The monoisotopic (exact) mass is 552 g/mol. The van der Waals surface area contributed by atoms with Crippen LogP contribution in [0.1, 0.15) is 110 Å². The summed E-state index contributed by atoms with van der Waals surface area (Å²) in [6.45, 7) is 3.84. The van der Waals surface area contributed by atoms with E-state index in [2.05, 4.69) is 13.8 Å². The lowest BCUT2D eigenvalue weighted by molar-refractivity contribution is -0.152. The molecule has 0 radical (unpaired) electrons. The van der Waals surface area contributed by atoms with Gasteiger partial charge in [0, 0.05) is 31.1 Å². The third-order valence-corrected chi connectivity index (χ3v) is 7.06. The van der Waals surface area contributed by atoms with Crippen LogP contribution in [0.2, 0.25) is 0 Å². The van der Waals surface area contributed by atoms with E-state index < -0.39 is 24.3 Å². The molecule has 1 aliphatic rings. The van der Waals surface area contributed by atoms with Gasteiger partial charge in [0.25, 0.3) is 0 Å². The summed E-state index contributed by atoms with van der Waals surface area (Å²) >= 11 is 0. The zero-order chi connectivity index (χ0) is 28.9. The van der Waals surface area contributed by atoms with E-state index in [-0.39, 0.29) is 49.6 Å². The number of Topliss-reactive ketones (excluding diaryl/α,β-unsaturated/α-hetero) is 1. The largest absolute Gasteiger partial charge is 0.463 e. The van der Waals surface area contributed by atoms with Crippen LogP contribution >= 0.6 is 0 Å². The zero-order valence-corrected chi connectivity index (χ0v) is 24.1. The molecule has 39 heavy (non-hydrogen) atoms. The molecule has 8 nitrogen and oxygen atoms in total. The molecule has 1 fully saturated rings. The van der Waals surface area contributed by atoms with Crippen molar-refractivity contribution in [1.82, 2.24) is 0 Å². The van der Waals surface area contributed by atoms with Crippen LogP contribution < -0.4 is 0 Å². The first-order chi connectivity index (χ1) is 18.8. The van der Waals surface area contributed by atoms with Gasteiger partial charge in [0.2, 0.25) is 0 Å². The van der Waals surface area contributed by atoms with E-state index in [9.17, 15) is 29.7 Å². The number of esters is 2. The molecule has 8 heteroatoms. The third kappa shape index (κ3) is 16.6. The van der Waals surface area contributed by atoms with Crippen molar-refractivity contribution in [1.29, 1.82) is 0 Å². The molecule has 0 bridgehead atoms. The molecule has 0 heterocycles. The number of aliphatic hydroxyl groups excluding tert-OH is 3. The SMILES string of the molecule is CCCCCCCC(=O)OC[C@H](O)COC(=O)CCC/C=C\C[C@H]1C(=O)C[C@@H](O)[C@@H]1/C=C/[C@@H](O)CCCCC. The summed E-state index contributed by atoms with van der Waals surface area (Å²) in [5.41, 5.74) is 0. The van der Waals surface area contributed by atoms with E-state index in [1.165, 1.54) is 0 Å². The standard InChI is InChI=1S/C31H52O8/c1-3-5-7-8-13-17-30(36)38-22-25(33)23-39-31(37)18-14-10-9-12-16-26-27(29(35)21-28(26)34)20-19-24(32)15-11-6-4-2/h9,12,19-20,24-27,29,32-33,35H,3-8,10-11,13-18,21-23H2,1-2H3/b12-9-,20-19+/t24-,25-,26+,27+,29+/m0/s1. The lowest BCUT2D eigenvalue weighted by Gasteiger charge is -2.16. The average molecular weight is 553 g/mol. The Morgan fingerprint density at radius 1 is 0.897 bits per heavy atom. The van der Waals surface area contributed by atoms with Gasteiger partial charge in [-0.15, -0.1) is 0 Å². The normalized spacial score (nSPS) is 21.1. The van der Waals surface area contributed by atoms with Gasteiger partial charge in [-0.05, 0) is 32.1 Å². The number of hydrogen-bond acceptors (Lipinski definition) is 8. The summed E-state index contributed by atoms with van der Waals surface area (Å²) in [4.78, 5) is 36.0. The molecule has 3 N–H and O–H groups in total. The molecule has 1 rings (SSSR count). The van der Waals surface area contributed by atoms with Crippen LogP contribution in [-0.4, -0.2) is 64.6 Å². The molecule has 0 saturated heterocycles. The number of hydrogen-bond donors (Lipinski definition) is 3. The molecule has 0 spiro atoms. The summed E-state index contributed by atoms with van der Waals surface area (Å²) in [5.74, 6) is -1.35. The Bertz CT molecular complexity index is 747. The molecule has 1 saturated carbocycles. The topological polar surface area (TPSA) is 130 Å². The number of ether oxygens (including phenoxy) is 2. The molecule has 0 aliphatic heterocycles. The average Bonchev–Trinajstić information content (AvgIpc) is 3.18. The number of ketones is 1. The molecule has 1 aliphatic carbocycles. The Hall–Kier alpha value is -2.03. The quantitative estimate of drug-likeness (QED) is 0.0974. The maximum atomic E-state index is 12.4. The fourth-order valence-corrected chi connectivity index (χ4v) is 4.65. The van der Waals surface area contributed by atoms with Gasteiger partial charge in [-0.3, -0.25) is 14.4 Å². The van der Waals surface area contributed by atoms with Crippen molar-refractivity contribution in [3.8, 4) is 0 Å². The molecule has 224 valence electrons. The van der Waals surface area contributed by atoms with E-state index in [0.29, 0.717) is 32.1 Å². The molecule has 0 aromatic rings. The third-order valence-electron chi connectivity index (χ3n) is 7.06. The zero-order valence-electron chi connectivity index (χ0n) is 24.1. The van der Waals surface area contributed by atoms with E-state index in [1.807, 2.05) is 12.2 Å². The fourth-order valence-electron chi connectivity index (χ4n) is 4.65. The first-order valence-electron chi connectivity index (χ1n) is 15.0. The number of carbonyl (C=O) groups is 3. The van der Waals surface area contributed by atoms with Crippen molar-refractivity contribution < 1.29 is 39.2 Å². The minimum atomic E-state index is -1.04. The predicted molar refractivity (Wildman–Crippen MR) is 151 cm³/mol. The Labute approximate surface area is 234 Å². The van der Waals surface area contributed by atoms with Crippen molar-refractivity contribution in [3.05, 3.63) is 24.3 Å². The second-order valence-electron chi connectivity index (χ2n) is 10.7. The summed E-state index contributed by atoms with van der Waals surface area (Å²) in [6, 6.07) is 0. The Balaban J connectivity index is 2.22. The number of rotatable bonds is 22. The molecule has 0 aromatic heterocycles. The van der Waals surface area contributed by atoms with E-state index in [1.54, 1.807) is 12.2 Å². The predicted octanol–water partition coefficient (Wildman–Crippen LogP) is 4.97. The van der Waals surface area contributed by atoms with Crippen LogP contribution in [0.3, 0.4) is 0 Å².